The van der Waals surface area contributed by atoms with Crippen molar-refractivity contribution in [2.75, 3.05) is 6.54 Å². The van der Waals surface area contributed by atoms with Crippen LogP contribution in [0.15, 0.2) is 6.20 Å². The molecule has 0 aliphatic carbocycles. The summed E-state index contributed by atoms with van der Waals surface area (Å²) in [6.07, 6.45) is 5.50. The summed E-state index contributed by atoms with van der Waals surface area (Å²) in [6, 6.07) is 0.342. The van der Waals surface area contributed by atoms with E-state index in [9.17, 15) is 0 Å². The Morgan fingerprint density at radius 3 is 2.93 bits per heavy atom. The number of hydrogen-bond donors (Lipinski definition) is 2. The van der Waals surface area contributed by atoms with Gasteiger partial charge >= 0.3 is 0 Å². The molecule has 1 heterocycles. The normalized spacial score (nSPS) is 13.0. The second-order valence-corrected chi connectivity index (χ2v) is 5.31. The van der Waals surface area contributed by atoms with Crippen LogP contribution >= 0.6 is 11.3 Å². The van der Waals surface area contributed by atoms with E-state index in [-0.39, 0.29) is 0 Å². The molecule has 1 rings (SSSR count). The lowest BCUT2D eigenvalue weighted by molar-refractivity contribution is 0.565. The summed E-state index contributed by atoms with van der Waals surface area (Å²) in [5.74, 6) is 0. The highest BCUT2D eigenvalue weighted by atomic mass is 32.1. The van der Waals surface area contributed by atoms with Gasteiger partial charge in [-0.2, -0.15) is 0 Å². The largest absolute Gasteiger partial charge is 0.328 e. The van der Waals surface area contributed by atoms with Gasteiger partial charge in [0.2, 0.25) is 0 Å². The molecule has 4 heteroatoms. The first-order valence-electron chi connectivity index (χ1n) is 5.56. The minimum Gasteiger partial charge on any atom is -0.328 e. The Kier molecular flexibility index (Phi) is 5.83. The van der Waals surface area contributed by atoms with Gasteiger partial charge in [-0.05, 0) is 33.2 Å². The SMILES string of the molecule is Cc1ncc(CNCCCCC(C)N)s1. The van der Waals surface area contributed by atoms with Gasteiger partial charge in [0.25, 0.3) is 0 Å². The fraction of sp³-hybridized carbons (Fsp3) is 0.727. The summed E-state index contributed by atoms with van der Waals surface area (Å²) >= 11 is 1.76. The van der Waals surface area contributed by atoms with Crippen molar-refractivity contribution >= 4 is 11.3 Å². The van der Waals surface area contributed by atoms with E-state index >= 15 is 0 Å². The third-order valence-corrected chi connectivity index (χ3v) is 3.14. The maximum absolute atomic E-state index is 5.67. The van der Waals surface area contributed by atoms with Crippen LogP contribution in [0, 0.1) is 6.92 Å². The first-order chi connectivity index (χ1) is 7.18. The monoisotopic (exact) mass is 227 g/mol. The van der Waals surface area contributed by atoms with E-state index in [1.54, 1.807) is 11.3 Å². The van der Waals surface area contributed by atoms with Crippen LogP contribution in [0.25, 0.3) is 0 Å². The molecule has 86 valence electrons. The Morgan fingerprint density at radius 1 is 1.53 bits per heavy atom. The average molecular weight is 227 g/mol. The lowest BCUT2D eigenvalue weighted by atomic mass is 10.1. The molecule has 1 unspecified atom stereocenters. The van der Waals surface area contributed by atoms with Gasteiger partial charge in [-0.15, -0.1) is 11.3 Å². The number of rotatable bonds is 7. The van der Waals surface area contributed by atoms with Crippen molar-refractivity contribution in [2.24, 2.45) is 5.73 Å². The zero-order chi connectivity index (χ0) is 11.1. The molecule has 0 spiro atoms. The summed E-state index contributed by atoms with van der Waals surface area (Å²) < 4.78 is 0. The molecule has 0 aliphatic rings. The van der Waals surface area contributed by atoms with Crippen LogP contribution in [0.3, 0.4) is 0 Å². The molecule has 0 amide bonds. The lowest BCUT2D eigenvalue weighted by Gasteiger charge is -2.05. The molecule has 0 radical (unpaired) electrons. The predicted molar refractivity (Wildman–Crippen MR) is 66.1 cm³/mol. The van der Waals surface area contributed by atoms with Crippen molar-refractivity contribution in [1.82, 2.24) is 10.3 Å². The van der Waals surface area contributed by atoms with Gasteiger partial charge < -0.3 is 11.1 Å². The Morgan fingerprint density at radius 2 is 2.33 bits per heavy atom. The summed E-state index contributed by atoms with van der Waals surface area (Å²) in [5.41, 5.74) is 5.67. The van der Waals surface area contributed by atoms with Crippen molar-refractivity contribution < 1.29 is 0 Å². The second kappa shape index (κ2) is 6.93. The molecule has 0 aliphatic heterocycles. The van der Waals surface area contributed by atoms with E-state index in [1.807, 2.05) is 13.1 Å². The van der Waals surface area contributed by atoms with Crippen LogP contribution < -0.4 is 11.1 Å². The number of aromatic nitrogens is 1. The summed E-state index contributed by atoms with van der Waals surface area (Å²) in [4.78, 5) is 5.54. The molecule has 1 aromatic rings. The Balaban J connectivity index is 1.98. The van der Waals surface area contributed by atoms with Crippen LogP contribution in [0.5, 0.6) is 0 Å². The van der Waals surface area contributed by atoms with E-state index in [4.69, 9.17) is 5.73 Å². The highest BCUT2D eigenvalue weighted by Crippen LogP contribution is 2.10. The van der Waals surface area contributed by atoms with E-state index in [0.29, 0.717) is 6.04 Å². The number of thiazole rings is 1. The van der Waals surface area contributed by atoms with Gasteiger partial charge in [0.1, 0.15) is 0 Å². The fourth-order valence-electron chi connectivity index (χ4n) is 1.41. The van der Waals surface area contributed by atoms with Gasteiger partial charge in [0.05, 0.1) is 5.01 Å². The minimum atomic E-state index is 0.342. The Bertz CT molecular complexity index is 271. The van der Waals surface area contributed by atoms with Crippen LogP contribution in [0.2, 0.25) is 0 Å². The Hall–Kier alpha value is -0.450. The average Bonchev–Trinajstić information content (AvgIpc) is 2.57. The number of nitrogens with one attached hydrogen (secondary N) is 1. The van der Waals surface area contributed by atoms with Gasteiger partial charge in [-0.3, -0.25) is 0 Å². The first-order valence-corrected chi connectivity index (χ1v) is 6.37. The molecule has 3 N–H and O–H groups in total. The standard InChI is InChI=1S/C11H21N3S/c1-9(12)5-3-4-6-13-7-11-8-14-10(2)15-11/h8-9,13H,3-7,12H2,1-2H3. The smallest absolute Gasteiger partial charge is 0.0897 e. The van der Waals surface area contributed by atoms with E-state index in [0.717, 1.165) is 24.5 Å². The van der Waals surface area contributed by atoms with E-state index in [2.05, 4.69) is 17.2 Å². The number of nitrogens with zero attached hydrogens (tertiary/aromatic N) is 1. The quantitative estimate of drug-likeness (QED) is 0.701. The van der Waals surface area contributed by atoms with Crippen molar-refractivity contribution in [3.63, 3.8) is 0 Å². The number of unbranched alkanes of at least 4 members (excludes halogenated alkanes) is 1. The second-order valence-electron chi connectivity index (χ2n) is 4.00. The Labute approximate surface area is 96.1 Å². The molecular formula is C11H21N3S. The van der Waals surface area contributed by atoms with Gasteiger partial charge in [-0.1, -0.05) is 6.42 Å². The number of aryl methyl sites for hydroxylation is 1. The molecule has 0 saturated heterocycles. The first kappa shape index (κ1) is 12.6. The molecule has 15 heavy (non-hydrogen) atoms. The molecule has 0 fully saturated rings. The predicted octanol–water partition coefficient (Wildman–Crippen LogP) is 2.06. The summed E-state index contributed by atoms with van der Waals surface area (Å²) in [7, 11) is 0. The van der Waals surface area contributed by atoms with Gasteiger partial charge in [-0.25, -0.2) is 4.98 Å². The lowest BCUT2D eigenvalue weighted by Crippen LogP contribution is -2.17. The fourth-order valence-corrected chi connectivity index (χ4v) is 2.18. The van der Waals surface area contributed by atoms with E-state index in [1.165, 1.54) is 17.7 Å². The molecule has 1 atom stereocenters. The molecule has 0 saturated carbocycles. The topological polar surface area (TPSA) is 50.9 Å². The highest BCUT2D eigenvalue weighted by Gasteiger charge is 1.97. The number of nitrogens with two attached hydrogens (primary N) is 1. The van der Waals surface area contributed by atoms with Crippen molar-refractivity contribution in [1.29, 1.82) is 0 Å². The van der Waals surface area contributed by atoms with Crippen molar-refractivity contribution in [3.05, 3.63) is 16.1 Å². The van der Waals surface area contributed by atoms with Crippen molar-refractivity contribution in [3.8, 4) is 0 Å². The molecule has 1 aromatic heterocycles. The maximum atomic E-state index is 5.67. The van der Waals surface area contributed by atoms with E-state index < -0.39 is 0 Å². The zero-order valence-electron chi connectivity index (χ0n) is 9.62. The summed E-state index contributed by atoms with van der Waals surface area (Å²) in [6.45, 7) is 6.12. The number of hydrogen-bond acceptors (Lipinski definition) is 4. The third kappa shape index (κ3) is 5.87. The highest BCUT2D eigenvalue weighted by molar-refractivity contribution is 7.11. The third-order valence-electron chi connectivity index (χ3n) is 2.23. The van der Waals surface area contributed by atoms with Crippen molar-refractivity contribution in [2.45, 2.75) is 45.7 Å². The minimum absolute atomic E-state index is 0.342. The molecule has 3 nitrogen and oxygen atoms in total. The van der Waals surface area contributed by atoms with Crippen LogP contribution in [-0.4, -0.2) is 17.6 Å². The summed E-state index contributed by atoms with van der Waals surface area (Å²) in [5, 5.41) is 4.56. The molecular weight excluding hydrogens is 206 g/mol. The van der Waals surface area contributed by atoms with Gasteiger partial charge in [0, 0.05) is 23.7 Å². The molecule has 0 bridgehead atoms. The maximum Gasteiger partial charge on any atom is 0.0897 e. The zero-order valence-corrected chi connectivity index (χ0v) is 10.4. The van der Waals surface area contributed by atoms with Gasteiger partial charge in [0.15, 0.2) is 0 Å². The van der Waals surface area contributed by atoms with Crippen LogP contribution in [0.4, 0.5) is 0 Å². The van der Waals surface area contributed by atoms with Crippen LogP contribution in [0.1, 0.15) is 36.1 Å². The molecule has 0 aromatic carbocycles. The van der Waals surface area contributed by atoms with Crippen LogP contribution in [-0.2, 0) is 6.54 Å².